The van der Waals surface area contributed by atoms with Crippen molar-refractivity contribution in [3.05, 3.63) is 29.8 Å². The molecule has 0 aliphatic carbocycles. The largest absolute Gasteiger partial charge is 0.508 e. The van der Waals surface area contributed by atoms with Gasteiger partial charge in [-0.3, -0.25) is 4.79 Å². The molecule has 0 aliphatic rings. The minimum Gasteiger partial charge on any atom is -0.508 e. The fourth-order valence-electron chi connectivity index (χ4n) is 1.14. The summed E-state index contributed by atoms with van der Waals surface area (Å²) in [4.78, 5) is 10.9. The van der Waals surface area contributed by atoms with E-state index in [-0.39, 0.29) is 18.1 Å². The van der Waals surface area contributed by atoms with Gasteiger partial charge in [-0.2, -0.15) is 0 Å². The topological polar surface area (TPSA) is 72.5 Å². The highest BCUT2D eigenvalue weighted by molar-refractivity contribution is 5.70. The Morgan fingerprint density at radius 3 is 2.93 bits per heavy atom. The lowest BCUT2D eigenvalue weighted by Gasteiger charge is -2.10. The molecule has 1 aromatic carbocycles. The van der Waals surface area contributed by atoms with Crippen molar-refractivity contribution in [2.75, 3.05) is 7.11 Å². The molecule has 3 N–H and O–H groups in total. The summed E-state index contributed by atoms with van der Waals surface area (Å²) < 4.78 is 4.49. The number of benzene rings is 1. The van der Waals surface area contributed by atoms with E-state index in [1.807, 2.05) is 0 Å². The van der Waals surface area contributed by atoms with Crippen LogP contribution < -0.4 is 5.73 Å². The molecular weight excluding hydrogens is 182 g/mol. The summed E-state index contributed by atoms with van der Waals surface area (Å²) in [6, 6.07) is 6.09. The number of methoxy groups -OCH3 is 1. The van der Waals surface area contributed by atoms with Crippen molar-refractivity contribution < 1.29 is 14.6 Å². The standard InChI is InChI=1S/C10H13NO3/c1-14-10(13)6-9(11)7-3-2-4-8(12)5-7/h2-5,9,12H,6,11H2,1H3/t9-/m0/s1. The van der Waals surface area contributed by atoms with Gasteiger partial charge in [0.25, 0.3) is 0 Å². The highest BCUT2D eigenvalue weighted by Crippen LogP contribution is 2.18. The molecule has 0 heterocycles. The van der Waals surface area contributed by atoms with Crippen molar-refractivity contribution in [3.63, 3.8) is 0 Å². The lowest BCUT2D eigenvalue weighted by atomic mass is 10.0. The van der Waals surface area contributed by atoms with E-state index in [1.54, 1.807) is 18.2 Å². The summed E-state index contributed by atoms with van der Waals surface area (Å²) in [7, 11) is 1.32. The minimum atomic E-state index is -0.436. The van der Waals surface area contributed by atoms with Gasteiger partial charge in [-0.1, -0.05) is 12.1 Å². The van der Waals surface area contributed by atoms with Gasteiger partial charge < -0.3 is 15.6 Å². The first kappa shape index (κ1) is 10.5. The molecule has 1 aromatic rings. The van der Waals surface area contributed by atoms with Gasteiger partial charge in [-0.25, -0.2) is 0 Å². The molecular formula is C10H13NO3. The number of phenols is 1. The van der Waals surface area contributed by atoms with Gasteiger partial charge in [0.15, 0.2) is 0 Å². The third-order valence-corrected chi connectivity index (χ3v) is 1.91. The third-order valence-electron chi connectivity index (χ3n) is 1.91. The van der Waals surface area contributed by atoms with E-state index < -0.39 is 6.04 Å². The van der Waals surface area contributed by atoms with E-state index in [0.29, 0.717) is 0 Å². The van der Waals surface area contributed by atoms with Crippen LogP contribution >= 0.6 is 0 Å². The molecule has 1 atom stereocenters. The highest BCUT2D eigenvalue weighted by Gasteiger charge is 2.11. The molecule has 4 heteroatoms. The summed E-state index contributed by atoms with van der Waals surface area (Å²) in [6.07, 6.45) is 0.111. The number of hydrogen-bond acceptors (Lipinski definition) is 4. The van der Waals surface area contributed by atoms with Gasteiger partial charge in [0.05, 0.1) is 13.5 Å². The number of carbonyl (C=O) groups is 1. The molecule has 0 bridgehead atoms. The molecule has 1 rings (SSSR count). The molecule has 0 amide bonds. The second-order valence-electron chi connectivity index (χ2n) is 2.98. The quantitative estimate of drug-likeness (QED) is 0.704. The van der Waals surface area contributed by atoms with Crippen molar-refractivity contribution in [1.82, 2.24) is 0 Å². The fourth-order valence-corrected chi connectivity index (χ4v) is 1.14. The Morgan fingerprint density at radius 2 is 2.36 bits per heavy atom. The first-order valence-electron chi connectivity index (χ1n) is 4.25. The van der Waals surface area contributed by atoms with Crippen LogP contribution in [-0.2, 0) is 9.53 Å². The zero-order valence-corrected chi connectivity index (χ0v) is 7.93. The monoisotopic (exact) mass is 195 g/mol. The van der Waals surface area contributed by atoms with Crippen LogP contribution in [0.1, 0.15) is 18.0 Å². The Kier molecular flexibility index (Phi) is 3.48. The van der Waals surface area contributed by atoms with E-state index in [1.165, 1.54) is 13.2 Å². The summed E-state index contributed by atoms with van der Waals surface area (Å²) in [5.74, 6) is -0.219. The van der Waals surface area contributed by atoms with Gasteiger partial charge in [-0.15, -0.1) is 0 Å². The smallest absolute Gasteiger partial charge is 0.307 e. The molecule has 0 spiro atoms. The van der Waals surface area contributed by atoms with E-state index >= 15 is 0 Å². The van der Waals surface area contributed by atoms with Crippen LogP contribution in [0.2, 0.25) is 0 Å². The zero-order chi connectivity index (χ0) is 10.6. The van der Waals surface area contributed by atoms with E-state index in [2.05, 4.69) is 4.74 Å². The molecule has 76 valence electrons. The highest BCUT2D eigenvalue weighted by atomic mass is 16.5. The van der Waals surface area contributed by atoms with Crippen LogP contribution in [0.5, 0.6) is 5.75 Å². The summed E-state index contributed by atoms with van der Waals surface area (Å²) in [5.41, 5.74) is 6.45. The van der Waals surface area contributed by atoms with Crippen LogP contribution in [0.3, 0.4) is 0 Å². The van der Waals surface area contributed by atoms with Gasteiger partial charge in [-0.05, 0) is 17.7 Å². The Balaban J connectivity index is 2.69. The number of rotatable bonds is 3. The summed E-state index contributed by atoms with van der Waals surface area (Å²) in [6.45, 7) is 0. The average molecular weight is 195 g/mol. The maximum absolute atomic E-state index is 10.9. The first-order chi connectivity index (χ1) is 6.63. The van der Waals surface area contributed by atoms with Crippen LogP contribution in [0, 0.1) is 0 Å². The SMILES string of the molecule is COC(=O)C[C@H](N)c1cccc(O)c1. The van der Waals surface area contributed by atoms with E-state index in [0.717, 1.165) is 5.56 Å². The Hall–Kier alpha value is -1.55. The predicted molar refractivity (Wildman–Crippen MR) is 51.7 cm³/mol. The first-order valence-corrected chi connectivity index (χ1v) is 4.25. The number of nitrogens with two attached hydrogens (primary N) is 1. The lowest BCUT2D eigenvalue weighted by Crippen LogP contribution is -2.16. The van der Waals surface area contributed by atoms with Crippen molar-refractivity contribution >= 4 is 5.97 Å². The molecule has 0 saturated carbocycles. The molecule has 0 fully saturated rings. The van der Waals surface area contributed by atoms with Crippen molar-refractivity contribution in [3.8, 4) is 5.75 Å². The van der Waals surface area contributed by atoms with Gasteiger partial charge in [0.1, 0.15) is 5.75 Å². The number of aromatic hydroxyl groups is 1. The van der Waals surface area contributed by atoms with Crippen LogP contribution in [-0.4, -0.2) is 18.2 Å². The van der Waals surface area contributed by atoms with Gasteiger partial charge in [0, 0.05) is 6.04 Å². The molecule has 14 heavy (non-hydrogen) atoms. The van der Waals surface area contributed by atoms with Crippen LogP contribution in [0.4, 0.5) is 0 Å². The molecule has 0 saturated heterocycles. The number of esters is 1. The molecule has 0 radical (unpaired) electrons. The summed E-state index contributed by atoms with van der Waals surface area (Å²) >= 11 is 0. The Bertz CT molecular complexity index is 325. The summed E-state index contributed by atoms with van der Waals surface area (Å²) in [5, 5.41) is 9.18. The minimum absolute atomic E-state index is 0.111. The molecule has 4 nitrogen and oxygen atoms in total. The van der Waals surface area contributed by atoms with Crippen LogP contribution in [0.25, 0.3) is 0 Å². The third kappa shape index (κ3) is 2.74. The van der Waals surface area contributed by atoms with Crippen molar-refractivity contribution in [2.45, 2.75) is 12.5 Å². The number of carbonyl (C=O) groups excluding carboxylic acids is 1. The molecule has 0 aliphatic heterocycles. The van der Waals surface area contributed by atoms with E-state index in [9.17, 15) is 9.90 Å². The van der Waals surface area contributed by atoms with Gasteiger partial charge in [0.2, 0.25) is 0 Å². The van der Waals surface area contributed by atoms with Gasteiger partial charge >= 0.3 is 5.97 Å². The average Bonchev–Trinajstić information content (AvgIpc) is 2.17. The zero-order valence-electron chi connectivity index (χ0n) is 7.93. The lowest BCUT2D eigenvalue weighted by molar-refractivity contribution is -0.141. The van der Waals surface area contributed by atoms with Crippen molar-refractivity contribution in [1.29, 1.82) is 0 Å². The fraction of sp³-hybridized carbons (Fsp3) is 0.300. The second-order valence-corrected chi connectivity index (χ2v) is 2.98. The number of hydrogen-bond donors (Lipinski definition) is 2. The second kappa shape index (κ2) is 4.62. The van der Waals surface area contributed by atoms with Crippen molar-refractivity contribution in [2.24, 2.45) is 5.73 Å². The normalized spacial score (nSPS) is 12.1. The maximum atomic E-state index is 10.9. The molecule has 0 aromatic heterocycles. The number of ether oxygens (including phenoxy) is 1. The Morgan fingerprint density at radius 1 is 1.64 bits per heavy atom. The van der Waals surface area contributed by atoms with E-state index in [4.69, 9.17) is 5.73 Å². The Labute approximate surface area is 82.3 Å². The predicted octanol–water partition coefficient (Wildman–Crippen LogP) is 0.955. The van der Waals surface area contributed by atoms with Crippen LogP contribution in [0.15, 0.2) is 24.3 Å². The molecule has 0 unspecified atom stereocenters. The maximum Gasteiger partial charge on any atom is 0.307 e. The number of phenolic OH excluding ortho intramolecular Hbond substituents is 1.